The number of urea groups is 1. The summed E-state index contributed by atoms with van der Waals surface area (Å²) in [4.78, 5) is 28.5. The summed E-state index contributed by atoms with van der Waals surface area (Å²) in [5.74, 6) is 0.344. The zero-order valence-electron chi connectivity index (χ0n) is 31.0. The van der Waals surface area contributed by atoms with E-state index in [0.717, 1.165) is 31.0 Å². The van der Waals surface area contributed by atoms with Crippen LogP contribution >= 0.6 is 15.9 Å². The van der Waals surface area contributed by atoms with E-state index in [1.54, 1.807) is 36.2 Å². The topological polar surface area (TPSA) is 105 Å². The van der Waals surface area contributed by atoms with Crippen LogP contribution in [0, 0.1) is 5.92 Å². The third-order valence-electron chi connectivity index (χ3n) is 9.95. The number of aliphatic hydroxyl groups is 2. The lowest BCUT2D eigenvalue weighted by atomic mass is 9.91. The summed E-state index contributed by atoms with van der Waals surface area (Å²) < 4.78 is 155. The van der Waals surface area contributed by atoms with E-state index in [-0.39, 0.29) is 41.0 Å². The smallest absolute Gasteiger partial charge is 0.369 e. The van der Waals surface area contributed by atoms with E-state index >= 15 is 0 Å². The molecule has 326 valence electrons. The number of piperidine rings is 1. The second-order valence-electron chi connectivity index (χ2n) is 14.2. The van der Waals surface area contributed by atoms with Gasteiger partial charge in [0.15, 0.2) is 0 Å². The van der Waals surface area contributed by atoms with Gasteiger partial charge in [-0.2, -0.15) is 52.7 Å². The van der Waals surface area contributed by atoms with E-state index in [1.807, 2.05) is 4.90 Å². The summed E-state index contributed by atoms with van der Waals surface area (Å²) in [6.45, 7) is 1.66. The number of amides is 3. The maximum atomic E-state index is 13.3. The lowest BCUT2D eigenvalue weighted by Gasteiger charge is -2.37. The van der Waals surface area contributed by atoms with Gasteiger partial charge in [0.2, 0.25) is 0 Å². The molecule has 0 spiro atoms. The molecule has 3 amide bonds. The number of rotatable bonds is 10. The van der Waals surface area contributed by atoms with Crippen molar-refractivity contribution in [1.29, 1.82) is 0 Å². The van der Waals surface area contributed by atoms with E-state index in [1.165, 1.54) is 12.1 Å². The molecule has 59 heavy (non-hydrogen) atoms. The Morgan fingerprint density at radius 3 is 1.61 bits per heavy atom. The molecular weight excluding hydrogens is 884 g/mol. The Morgan fingerprint density at radius 2 is 1.17 bits per heavy atom. The molecule has 3 aromatic rings. The Labute approximate surface area is 338 Å². The Bertz CT molecular complexity index is 1870. The zero-order chi connectivity index (χ0) is 44.2. The van der Waals surface area contributed by atoms with Crippen molar-refractivity contribution in [3.63, 3.8) is 0 Å². The quantitative estimate of drug-likeness (QED) is 0.120. The van der Waals surface area contributed by atoms with Gasteiger partial charge in [-0.3, -0.25) is 9.69 Å². The van der Waals surface area contributed by atoms with E-state index in [4.69, 9.17) is 5.11 Å². The first-order valence-electron chi connectivity index (χ1n) is 17.8. The van der Waals surface area contributed by atoms with Crippen molar-refractivity contribution in [2.45, 2.75) is 79.5 Å². The number of nitrogens with one attached hydrogen (secondary N) is 2. The van der Waals surface area contributed by atoms with Crippen LogP contribution in [0.15, 0.2) is 72.8 Å². The first kappa shape index (κ1) is 47.6. The zero-order valence-corrected chi connectivity index (χ0v) is 32.6. The van der Waals surface area contributed by atoms with Gasteiger partial charge in [-0.1, -0.05) is 64.5 Å². The predicted molar refractivity (Wildman–Crippen MR) is 194 cm³/mol. The lowest BCUT2D eigenvalue weighted by Crippen LogP contribution is -2.54. The highest BCUT2D eigenvalue weighted by Crippen LogP contribution is 2.51. The fraction of sp³-hybridized carbons (Fsp3) is 0.474. The molecule has 0 aromatic heterocycles. The first-order valence-corrected chi connectivity index (χ1v) is 19.0. The third kappa shape index (κ3) is 11.2. The number of benzene rings is 3. The highest BCUT2D eigenvalue weighted by molar-refractivity contribution is 9.08. The van der Waals surface area contributed by atoms with E-state index in [0.29, 0.717) is 67.8 Å². The Balaban J connectivity index is 0.000000358. The molecule has 1 aliphatic carbocycles. The third-order valence-corrected chi connectivity index (χ3v) is 10.6. The molecule has 1 aliphatic heterocycles. The molecule has 21 heteroatoms. The highest BCUT2D eigenvalue weighted by atomic mass is 79.9. The van der Waals surface area contributed by atoms with Crippen molar-refractivity contribution in [2.24, 2.45) is 5.92 Å². The number of nitrogens with zero attached hydrogens (tertiary/aromatic N) is 2. The number of hydrogen-bond acceptors (Lipinski definition) is 5. The summed E-state index contributed by atoms with van der Waals surface area (Å²) in [6.07, 6.45) is -20.2. The summed E-state index contributed by atoms with van der Waals surface area (Å²) in [5, 5.41) is 24.4. The largest absolute Gasteiger partial charge is 0.430 e. The Morgan fingerprint density at radius 1 is 0.712 bits per heavy atom. The highest BCUT2D eigenvalue weighted by Gasteiger charge is 2.72. The van der Waals surface area contributed by atoms with Gasteiger partial charge in [0.05, 0.1) is 0 Å². The average Bonchev–Trinajstić information content (AvgIpc) is 4.00. The van der Waals surface area contributed by atoms with Crippen LogP contribution in [0.1, 0.15) is 58.3 Å². The summed E-state index contributed by atoms with van der Waals surface area (Å²) >= 11 is 2.92. The van der Waals surface area contributed by atoms with Crippen molar-refractivity contribution >= 4 is 33.6 Å². The van der Waals surface area contributed by atoms with Gasteiger partial charge in [-0.15, -0.1) is 0 Å². The molecule has 0 unspecified atom stereocenters. The molecule has 3 aromatic carbocycles. The molecule has 8 nitrogen and oxygen atoms in total. The first-order chi connectivity index (χ1) is 27.2. The molecule has 0 atom stereocenters. The van der Waals surface area contributed by atoms with Crippen LogP contribution in [0.2, 0.25) is 0 Å². The minimum atomic E-state index is -5.94. The summed E-state index contributed by atoms with van der Waals surface area (Å²) in [5.41, 5.74) is -11.0. The fourth-order valence-electron chi connectivity index (χ4n) is 6.27. The molecule has 5 rings (SSSR count). The molecule has 0 bridgehead atoms. The molecule has 1 saturated carbocycles. The normalized spacial score (nSPS) is 16.2. The molecule has 2 aliphatic rings. The maximum Gasteiger partial charge on any atom is 0.430 e. The number of carbonyl (C=O) groups is 2. The Kier molecular flexibility index (Phi) is 14.7. The van der Waals surface area contributed by atoms with Gasteiger partial charge in [0.1, 0.15) is 0 Å². The van der Waals surface area contributed by atoms with Crippen molar-refractivity contribution in [2.75, 3.05) is 32.0 Å². The SMILES string of the molecule is CN(C(=O)c1ccc(NC(=O)NCC2CC2)cc1)C1CCN(Cc2cccc(C(O)(C(F)(F)F)C(F)(F)F)c2)CC1.OC(c1cccc(CBr)c1)(C(F)(F)F)C(F)(F)F. The minimum absolute atomic E-state index is 0.0760. The van der Waals surface area contributed by atoms with E-state index in [9.17, 15) is 67.4 Å². The standard InChI is InChI=1S/C28H32F6N4O3.C10H7BrF6O/c1-37(24(39)20-7-9-22(10-8-20)36-25(40)35-16-18-5-6-18)23-11-13-38(14-12-23)17-19-3-2-4-21(15-19)26(41,27(29,30)31)28(32,33)34;11-5-6-2-1-3-7(4-6)8(18,9(12,13)14)10(15,16)17/h2-4,7-10,15,18,23,41H,5-6,11-14,16-17H2,1H3,(H2,35,36,40);1-4,18H,5H2. The maximum absolute atomic E-state index is 13.3. The van der Waals surface area contributed by atoms with Gasteiger partial charge in [-0.25, -0.2) is 4.79 Å². The fourth-order valence-corrected chi connectivity index (χ4v) is 6.62. The number of hydrogen-bond donors (Lipinski definition) is 4. The van der Waals surface area contributed by atoms with Crippen molar-refractivity contribution in [3.05, 3.63) is 101 Å². The monoisotopic (exact) mass is 922 g/mol. The molecule has 4 N–H and O–H groups in total. The van der Waals surface area contributed by atoms with Gasteiger partial charge in [0.25, 0.3) is 17.1 Å². The summed E-state index contributed by atoms with van der Waals surface area (Å²) in [7, 11) is 1.68. The number of alkyl halides is 13. The van der Waals surface area contributed by atoms with Crippen molar-refractivity contribution in [1.82, 2.24) is 15.1 Å². The van der Waals surface area contributed by atoms with Gasteiger partial charge in [-0.05, 0) is 67.0 Å². The average molecular weight is 924 g/mol. The molecular formula is C38H39BrF12N4O4. The number of halogens is 13. The van der Waals surface area contributed by atoms with Gasteiger partial charge in [0, 0.05) is 67.0 Å². The van der Waals surface area contributed by atoms with Crippen molar-refractivity contribution in [3.8, 4) is 0 Å². The molecule has 1 heterocycles. The van der Waals surface area contributed by atoms with Crippen LogP contribution in [0.3, 0.4) is 0 Å². The molecule has 1 saturated heterocycles. The number of likely N-dealkylation sites (tertiary alicyclic amines) is 1. The Hall–Kier alpha value is -4.08. The van der Waals surface area contributed by atoms with Gasteiger partial charge >= 0.3 is 30.7 Å². The predicted octanol–water partition coefficient (Wildman–Crippen LogP) is 9.16. The van der Waals surface area contributed by atoms with Crippen LogP contribution in [-0.4, -0.2) is 89.4 Å². The van der Waals surface area contributed by atoms with E-state index in [2.05, 4.69) is 26.6 Å². The van der Waals surface area contributed by atoms with Crippen LogP contribution in [0.25, 0.3) is 0 Å². The van der Waals surface area contributed by atoms with Crippen LogP contribution in [0.5, 0.6) is 0 Å². The number of carbonyl (C=O) groups excluding carboxylic acids is 2. The second-order valence-corrected chi connectivity index (χ2v) is 14.8. The van der Waals surface area contributed by atoms with Crippen LogP contribution in [-0.2, 0) is 23.1 Å². The van der Waals surface area contributed by atoms with Crippen LogP contribution in [0.4, 0.5) is 63.2 Å². The van der Waals surface area contributed by atoms with Crippen molar-refractivity contribution < 1.29 is 72.5 Å². The minimum Gasteiger partial charge on any atom is -0.369 e. The number of anilines is 1. The molecule has 0 radical (unpaired) electrons. The van der Waals surface area contributed by atoms with E-state index < -0.39 is 47.0 Å². The lowest BCUT2D eigenvalue weighted by molar-refractivity contribution is -0.376. The second kappa shape index (κ2) is 18.3. The molecule has 2 fully saturated rings. The summed E-state index contributed by atoms with van der Waals surface area (Å²) in [6, 6.07) is 13.6. The van der Waals surface area contributed by atoms with Crippen LogP contribution < -0.4 is 10.6 Å². The van der Waals surface area contributed by atoms with Gasteiger partial charge < -0.3 is 25.7 Å².